The van der Waals surface area contributed by atoms with Crippen LogP contribution in [0.1, 0.15) is 23.2 Å². The van der Waals surface area contributed by atoms with Crippen LogP contribution < -0.4 is 11.1 Å². The first-order chi connectivity index (χ1) is 10.6. The lowest BCUT2D eigenvalue weighted by Crippen LogP contribution is -2.42. The Balaban J connectivity index is 2.09. The second-order valence-corrected chi connectivity index (χ2v) is 6.59. The number of hydrogen-bond donors (Lipinski definition) is 2. The molecule has 2 amide bonds. The number of primary amides is 1. The van der Waals surface area contributed by atoms with E-state index in [-0.39, 0.29) is 17.6 Å². The smallest absolute Gasteiger partial charge is 0.254 e. The van der Waals surface area contributed by atoms with Crippen molar-refractivity contribution in [2.45, 2.75) is 17.7 Å². The van der Waals surface area contributed by atoms with Gasteiger partial charge >= 0.3 is 0 Å². The Morgan fingerprint density at radius 1 is 1.41 bits per heavy atom. The highest BCUT2D eigenvalue weighted by atomic mass is 32.2. The molecule has 1 aliphatic rings. The lowest BCUT2D eigenvalue weighted by molar-refractivity contribution is -0.115. The van der Waals surface area contributed by atoms with Gasteiger partial charge in [-0.3, -0.25) is 9.59 Å². The maximum absolute atomic E-state index is 12.8. The van der Waals surface area contributed by atoms with Crippen molar-refractivity contribution in [1.82, 2.24) is 10.2 Å². The van der Waals surface area contributed by atoms with E-state index in [0.29, 0.717) is 11.5 Å². The molecule has 0 aromatic heterocycles. The molecular formula is C16H23N3O2S. The Morgan fingerprint density at radius 2 is 2.18 bits per heavy atom. The van der Waals surface area contributed by atoms with Crippen LogP contribution in [0.4, 0.5) is 0 Å². The number of nitrogens with two attached hydrogens (primary N) is 1. The van der Waals surface area contributed by atoms with Gasteiger partial charge in [0.1, 0.15) is 0 Å². The van der Waals surface area contributed by atoms with Crippen LogP contribution in [-0.2, 0) is 4.79 Å². The average molecular weight is 321 g/mol. The Morgan fingerprint density at radius 3 is 2.91 bits per heavy atom. The predicted octanol–water partition coefficient (Wildman–Crippen LogP) is 1.34. The normalized spacial score (nSPS) is 18.2. The van der Waals surface area contributed by atoms with Crippen LogP contribution >= 0.6 is 11.8 Å². The fourth-order valence-corrected chi connectivity index (χ4v) is 3.58. The molecule has 0 aliphatic carbocycles. The number of carbonyl (C=O) groups excluding carboxylic acids is 2. The predicted molar refractivity (Wildman–Crippen MR) is 88.9 cm³/mol. The van der Waals surface area contributed by atoms with Gasteiger partial charge in [0.05, 0.1) is 11.3 Å². The average Bonchev–Trinajstić information content (AvgIpc) is 2.53. The number of nitrogens with one attached hydrogen (secondary N) is 1. The molecule has 1 aromatic carbocycles. The summed E-state index contributed by atoms with van der Waals surface area (Å²) in [5, 5.41) is 3.19. The second-order valence-electron chi connectivity index (χ2n) is 5.57. The molecule has 0 spiro atoms. The molecule has 120 valence electrons. The zero-order valence-electron chi connectivity index (χ0n) is 12.9. The van der Waals surface area contributed by atoms with Gasteiger partial charge in [0, 0.05) is 18.0 Å². The standard InChI is InChI=1S/C16H23N3O2S/c1-18-9-12-5-4-8-19(10-12)16(21)13-6-2-3-7-14(13)22-11-15(17)20/h2-3,6-7,12,18H,4-5,8-11H2,1H3,(H2,17,20). The van der Waals surface area contributed by atoms with E-state index in [4.69, 9.17) is 5.73 Å². The van der Waals surface area contributed by atoms with E-state index in [1.807, 2.05) is 36.2 Å². The van der Waals surface area contributed by atoms with Gasteiger partial charge in [0.15, 0.2) is 0 Å². The van der Waals surface area contributed by atoms with E-state index < -0.39 is 0 Å². The quantitative estimate of drug-likeness (QED) is 0.775. The summed E-state index contributed by atoms with van der Waals surface area (Å²) in [7, 11) is 1.94. The molecule has 3 N–H and O–H groups in total. The number of hydrogen-bond acceptors (Lipinski definition) is 4. The van der Waals surface area contributed by atoms with E-state index in [9.17, 15) is 9.59 Å². The van der Waals surface area contributed by atoms with E-state index in [1.54, 1.807) is 0 Å². The third kappa shape index (κ3) is 4.48. The van der Waals surface area contributed by atoms with Crippen LogP contribution in [0.15, 0.2) is 29.2 Å². The Kier molecular flexibility index (Phi) is 6.27. The van der Waals surface area contributed by atoms with Gasteiger partial charge in [-0.15, -0.1) is 11.8 Å². The minimum atomic E-state index is -0.376. The minimum absolute atomic E-state index is 0.0494. The third-order valence-corrected chi connectivity index (χ3v) is 4.88. The van der Waals surface area contributed by atoms with E-state index >= 15 is 0 Å². The molecule has 0 saturated carbocycles. The molecule has 1 atom stereocenters. The number of nitrogens with zero attached hydrogens (tertiary/aromatic N) is 1. The maximum atomic E-state index is 12.8. The summed E-state index contributed by atoms with van der Waals surface area (Å²) in [6.07, 6.45) is 2.19. The molecule has 1 heterocycles. The van der Waals surface area contributed by atoms with Crippen LogP contribution in [0.2, 0.25) is 0 Å². The second kappa shape index (κ2) is 8.19. The van der Waals surface area contributed by atoms with E-state index in [1.165, 1.54) is 11.8 Å². The topological polar surface area (TPSA) is 75.4 Å². The molecular weight excluding hydrogens is 298 g/mol. The van der Waals surface area contributed by atoms with E-state index in [0.717, 1.165) is 37.4 Å². The van der Waals surface area contributed by atoms with Crippen LogP contribution in [0.3, 0.4) is 0 Å². The van der Waals surface area contributed by atoms with Crippen molar-refractivity contribution in [2.75, 3.05) is 32.4 Å². The minimum Gasteiger partial charge on any atom is -0.369 e. The lowest BCUT2D eigenvalue weighted by atomic mass is 9.97. The van der Waals surface area contributed by atoms with Crippen molar-refractivity contribution in [3.63, 3.8) is 0 Å². The Hall–Kier alpha value is -1.53. The van der Waals surface area contributed by atoms with Crippen LogP contribution in [0.5, 0.6) is 0 Å². The third-order valence-electron chi connectivity index (χ3n) is 3.79. The number of rotatable bonds is 6. The van der Waals surface area contributed by atoms with Crippen LogP contribution in [-0.4, -0.2) is 49.1 Å². The first kappa shape index (κ1) is 16.8. The molecule has 1 saturated heterocycles. The number of thioether (sulfide) groups is 1. The summed E-state index contributed by atoms with van der Waals surface area (Å²) < 4.78 is 0. The summed E-state index contributed by atoms with van der Waals surface area (Å²) in [4.78, 5) is 26.5. The van der Waals surface area contributed by atoms with Gasteiger partial charge in [-0.05, 0) is 44.5 Å². The van der Waals surface area contributed by atoms with Crippen molar-refractivity contribution in [1.29, 1.82) is 0 Å². The summed E-state index contributed by atoms with van der Waals surface area (Å²) in [6, 6.07) is 7.43. The first-order valence-corrected chi connectivity index (χ1v) is 8.54. The molecule has 1 fully saturated rings. The Bertz CT molecular complexity index is 534. The molecule has 1 aromatic rings. The lowest BCUT2D eigenvalue weighted by Gasteiger charge is -2.33. The van der Waals surface area contributed by atoms with Crippen LogP contribution in [0, 0.1) is 5.92 Å². The zero-order chi connectivity index (χ0) is 15.9. The summed E-state index contributed by atoms with van der Waals surface area (Å²) >= 11 is 1.32. The van der Waals surface area contributed by atoms with Gasteiger partial charge in [0.25, 0.3) is 5.91 Å². The van der Waals surface area contributed by atoms with Crippen LogP contribution in [0.25, 0.3) is 0 Å². The maximum Gasteiger partial charge on any atom is 0.254 e. The van der Waals surface area contributed by atoms with Gasteiger partial charge in [-0.1, -0.05) is 12.1 Å². The van der Waals surface area contributed by atoms with E-state index in [2.05, 4.69) is 5.32 Å². The number of piperidine rings is 1. The fraction of sp³-hybridized carbons (Fsp3) is 0.500. The van der Waals surface area contributed by atoms with Gasteiger partial charge in [-0.2, -0.15) is 0 Å². The largest absolute Gasteiger partial charge is 0.369 e. The first-order valence-electron chi connectivity index (χ1n) is 7.55. The molecule has 2 rings (SSSR count). The van der Waals surface area contributed by atoms with Crippen molar-refractivity contribution in [2.24, 2.45) is 11.7 Å². The molecule has 0 radical (unpaired) electrons. The van der Waals surface area contributed by atoms with Crippen molar-refractivity contribution >= 4 is 23.6 Å². The zero-order valence-corrected chi connectivity index (χ0v) is 13.7. The number of amides is 2. The Labute approximate surface area is 135 Å². The number of benzene rings is 1. The molecule has 1 unspecified atom stereocenters. The number of likely N-dealkylation sites (tertiary alicyclic amines) is 1. The van der Waals surface area contributed by atoms with Gasteiger partial charge in [-0.25, -0.2) is 0 Å². The molecule has 1 aliphatic heterocycles. The van der Waals surface area contributed by atoms with Crippen molar-refractivity contribution in [3.8, 4) is 0 Å². The fourth-order valence-electron chi connectivity index (χ4n) is 2.79. The summed E-state index contributed by atoms with van der Waals surface area (Å²) in [5.74, 6) is 0.368. The number of carbonyl (C=O) groups is 2. The molecule has 5 nitrogen and oxygen atoms in total. The van der Waals surface area contributed by atoms with Crippen molar-refractivity contribution in [3.05, 3.63) is 29.8 Å². The summed E-state index contributed by atoms with van der Waals surface area (Å²) in [5.41, 5.74) is 5.86. The highest BCUT2D eigenvalue weighted by Crippen LogP contribution is 2.25. The van der Waals surface area contributed by atoms with Gasteiger partial charge < -0.3 is 16.0 Å². The molecule has 0 bridgehead atoms. The molecule has 6 heteroatoms. The summed E-state index contributed by atoms with van der Waals surface area (Å²) in [6.45, 7) is 2.52. The van der Waals surface area contributed by atoms with Gasteiger partial charge in [0.2, 0.25) is 5.91 Å². The highest BCUT2D eigenvalue weighted by Gasteiger charge is 2.25. The van der Waals surface area contributed by atoms with Crippen molar-refractivity contribution < 1.29 is 9.59 Å². The molecule has 22 heavy (non-hydrogen) atoms. The monoisotopic (exact) mass is 321 g/mol. The highest BCUT2D eigenvalue weighted by molar-refractivity contribution is 8.00. The SMILES string of the molecule is CNCC1CCCN(C(=O)c2ccccc2SCC(N)=O)C1.